The number of carbonyl (C=O) groups is 3. The Morgan fingerprint density at radius 2 is 1.90 bits per heavy atom. The Balaban J connectivity index is 1.99. The summed E-state index contributed by atoms with van der Waals surface area (Å²) in [4.78, 5) is 38.3. The summed E-state index contributed by atoms with van der Waals surface area (Å²) in [5.74, 6) is -2.95. The van der Waals surface area contributed by atoms with Crippen molar-refractivity contribution in [3.05, 3.63) is 36.2 Å². The summed E-state index contributed by atoms with van der Waals surface area (Å²) >= 11 is 0. The number of para-hydroxylation sites is 1. The van der Waals surface area contributed by atoms with Gasteiger partial charge < -0.3 is 5.73 Å². The summed E-state index contributed by atoms with van der Waals surface area (Å²) in [6.07, 6.45) is 1.16. The van der Waals surface area contributed by atoms with Crippen LogP contribution in [0.3, 0.4) is 0 Å². The molecule has 0 atom stereocenters. The van der Waals surface area contributed by atoms with Gasteiger partial charge >= 0.3 is 11.8 Å². The van der Waals surface area contributed by atoms with E-state index in [9.17, 15) is 14.4 Å². The lowest BCUT2D eigenvalue weighted by Crippen LogP contribution is -2.39. The van der Waals surface area contributed by atoms with Crippen LogP contribution in [0, 0.1) is 0 Å². The number of hydrogen-bond donors (Lipinski definition) is 4. The predicted molar refractivity (Wildman–Crippen MR) is 68.3 cm³/mol. The van der Waals surface area contributed by atoms with Crippen molar-refractivity contribution in [3.8, 4) is 0 Å². The van der Waals surface area contributed by atoms with Crippen molar-refractivity contribution in [2.24, 2.45) is 0 Å². The minimum absolute atomic E-state index is 0.00294. The summed E-state index contributed by atoms with van der Waals surface area (Å²) in [5, 5.41) is 9.87. The lowest BCUT2D eigenvalue weighted by atomic mass is 10.1. The molecular formula is C11H10N6O3. The van der Waals surface area contributed by atoms with Gasteiger partial charge in [-0.05, 0) is 12.1 Å². The summed E-state index contributed by atoms with van der Waals surface area (Å²) in [7, 11) is 0. The van der Waals surface area contributed by atoms with Gasteiger partial charge in [0.05, 0.1) is 5.56 Å². The van der Waals surface area contributed by atoms with E-state index < -0.39 is 17.7 Å². The van der Waals surface area contributed by atoms with E-state index in [0.29, 0.717) is 0 Å². The fourth-order valence-corrected chi connectivity index (χ4v) is 1.36. The molecule has 2 aromatic rings. The standard InChI is InChI=1S/C11H10N6O3/c12-7-4-2-1-3-6(7)8(18)15-9(19)10(20)16-11-13-5-14-17-11/h1-5H,12H2,(H,15,18,19)(H2,13,14,16,17,20). The Hall–Kier alpha value is -3.23. The molecule has 9 heteroatoms. The van der Waals surface area contributed by atoms with E-state index in [4.69, 9.17) is 5.73 Å². The largest absolute Gasteiger partial charge is 0.398 e. The highest BCUT2D eigenvalue weighted by Gasteiger charge is 2.19. The second-order valence-corrected chi connectivity index (χ2v) is 3.66. The number of aromatic amines is 1. The van der Waals surface area contributed by atoms with Gasteiger partial charge in [0, 0.05) is 5.69 Å². The molecule has 3 amide bonds. The second kappa shape index (κ2) is 5.61. The second-order valence-electron chi connectivity index (χ2n) is 3.66. The van der Waals surface area contributed by atoms with Crippen LogP contribution >= 0.6 is 0 Å². The SMILES string of the molecule is Nc1ccccc1C(=O)NC(=O)C(=O)Nc1ncn[nH]1. The van der Waals surface area contributed by atoms with Crippen molar-refractivity contribution in [3.63, 3.8) is 0 Å². The quantitative estimate of drug-likeness (QED) is 0.420. The van der Waals surface area contributed by atoms with Gasteiger partial charge in [-0.1, -0.05) is 12.1 Å². The summed E-state index contributed by atoms with van der Waals surface area (Å²) in [6.45, 7) is 0. The molecule has 20 heavy (non-hydrogen) atoms. The zero-order valence-electron chi connectivity index (χ0n) is 10.1. The highest BCUT2D eigenvalue weighted by atomic mass is 16.2. The maximum absolute atomic E-state index is 11.8. The lowest BCUT2D eigenvalue weighted by Gasteiger charge is -2.05. The first kappa shape index (κ1) is 13.2. The Morgan fingerprint density at radius 3 is 2.55 bits per heavy atom. The van der Waals surface area contributed by atoms with Crippen molar-refractivity contribution in [1.29, 1.82) is 0 Å². The highest BCUT2D eigenvalue weighted by molar-refractivity contribution is 6.42. The van der Waals surface area contributed by atoms with E-state index in [1.807, 2.05) is 5.32 Å². The molecule has 0 spiro atoms. The molecule has 0 aliphatic heterocycles. The molecule has 2 rings (SSSR count). The van der Waals surface area contributed by atoms with Crippen LogP contribution < -0.4 is 16.4 Å². The Labute approximate surface area is 112 Å². The number of nitrogen functional groups attached to an aromatic ring is 1. The van der Waals surface area contributed by atoms with Crippen LogP contribution in [0.25, 0.3) is 0 Å². The van der Waals surface area contributed by atoms with E-state index in [1.165, 1.54) is 12.1 Å². The molecular weight excluding hydrogens is 264 g/mol. The topological polar surface area (TPSA) is 143 Å². The normalized spacial score (nSPS) is 9.80. The number of benzene rings is 1. The number of hydrogen-bond acceptors (Lipinski definition) is 6. The van der Waals surface area contributed by atoms with Gasteiger partial charge in [-0.3, -0.25) is 25.0 Å². The van der Waals surface area contributed by atoms with Gasteiger partial charge in [-0.15, -0.1) is 0 Å². The number of rotatable bonds is 2. The van der Waals surface area contributed by atoms with Gasteiger partial charge in [0.1, 0.15) is 6.33 Å². The van der Waals surface area contributed by atoms with Gasteiger partial charge in [0.2, 0.25) is 5.95 Å². The fraction of sp³-hybridized carbons (Fsp3) is 0. The first-order valence-corrected chi connectivity index (χ1v) is 5.44. The summed E-state index contributed by atoms with van der Waals surface area (Å²) in [5.41, 5.74) is 5.89. The Bertz CT molecular complexity index is 652. The molecule has 0 bridgehead atoms. The average molecular weight is 274 g/mol. The number of nitrogens with one attached hydrogen (secondary N) is 3. The minimum Gasteiger partial charge on any atom is -0.398 e. The van der Waals surface area contributed by atoms with E-state index >= 15 is 0 Å². The molecule has 0 fully saturated rings. The van der Waals surface area contributed by atoms with Gasteiger partial charge in [-0.2, -0.15) is 10.1 Å². The monoisotopic (exact) mass is 274 g/mol. The predicted octanol–water partition coefficient (Wildman–Crippen LogP) is -0.718. The zero-order chi connectivity index (χ0) is 14.5. The highest BCUT2D eigenvalue weighted by Crippen LogP contribution is 2.09. The number of aromatic nitrogens is 3. The van der Waals surface area contributed by atoms with Crippen molar-refractivity contribution >= 4 is 29.4 Å². The zero-order valence-corrected chi connectivity index (χ0v) is 10.1. The van der Waals surface area contributed by atoms with Crippen LogP contribution in [0.5, 0.6) is 0 Å². The van der Waals surface area contributed by atoms with Crippen molar-refractivity contribution < 1.29 is 14.4 Å². The van der Waals surface area contributed by atoms with E-state index in [-0.39, 0.29) is 17.2 Å². The van der Waals surface area contributed by atoms with Crippen LogP contribution in [0.15, 0.2) is 30.6 Å². The van der Waals surface area contributed by atoms with Crippen molar-refractivity contribution in [2.75, 3.05) is 11.1 Å². The molecule has 0 radical (unpaired) electrons. The first-order chi connectivity index (χ1) is 9.58. The van der Waals surface area contributed by atoms with Gasteiger partial charge in [-0.25, -0.2) is 5.10 Å². The molecule has 1 aromatic carbocycles. The van der Waals surface area contributed by atoms with Crippen LogP contribution in [-0.4, -0.2) is 32.9 Å². The maximum Gasteiger partial charge on any atom is 0.316 e. The number of imide groups is 1. The van der Waals surface area contributed by atoms with Crippen LogP contribution in [0.1, 0.15) is 10.4 Å². The average Bonchev–Trinajstić information content (AvgIpc) is 2.91. The molecule has 0 saturated carbocycles. The minimum atomic E-state index is -1.13. The maximum atomic E-state index is 11.8. The van der Waals surface area contributed by atoms with E-state index in [0.717, 1.165) is 6.33 Å². The third-order valence-corrected chi connectivity index (χ3v) is 2.29. The molecule has 0 aliphatic rings. The Morgan fingerprint density at radius 1 is 1.15 bits per heavy atom. The number of nitrogens with zero attached hydrogens (tertiary/aromatic N) is 2. The molecule has 102 valence electrons. The van der Waals surface area contributed by atoms with Crippen molar-refractivity contribution in [2.45, 2.75) is 0 Å². The third kappa shape index (κ3) is 2.96. The molecule has 0 saturated heterocycles. The van der Waals surface area contributed by atoms with Crippen LogP contribution in [0.4, 0.5) is 11.6 Å². The van der Waals surface area contributed by atoms with Crippen LogP contribution in [-0.2, 0) is 9.59 Å². The smallest absolute Gasteiger partial charge is 0.316 e. The summed E-state index contributed by atoms with van der Waals surface area (Å²) < 4.78 is 0. The number of H-pyrrole nitrogens is 1. The fourth-order valence-electron chi connectivity index (χ4n) is 1.36. The van der Waals surface area contributed by atoms with Gasteiger partial charge in [0.25, 0.3) is 5.91 Å². The Kier molecular flexibility index (Phi) is 3.70. The van der Waals surface area contributed by atoms with Crippen LogP contribution in [0.2, 0.25) is 0 Å². The van der Waals surface area contributed by atoms with E-state index in [1.54, 1.807) is 12.1 Å². The number of nitrogens with two attached hydrogens (primary N) is 1. The lowest BCUT2D eigenvalue weighted by molar-refractivity contribution is -0.135. The summed E-state index contributed by atoms with van der Waals surface area (Å²) in [6, 6.07) is 6.18. The van der Waals surface area contributed by atoms with Crippen molar-refractivity contribution in [1.82, 2.24) is 20.5 Å². The first-order valence-electron chi connectivity index (χ1n) is 5.44. The molecule has 0 unspecified atom stereocenters. The third-order valence-electron chi connectivity index (χ3n) is 2.29. The number of amides is 3. The molecule has 9 nitrogen and oxygen atoms in total. The van der Waals surface area contributed by atoms with E-state index in [2.05, 4.69) is 20.5 Å². The molecule has 5 N–H and O–H groups in total. The van der Waals surface area contributed by atoms with Gasteiger partial charge in [0.15, 0.2) is 0 Å². The molecule has 0 aliphatic carbocycles. The molecule has 1 aromatic heterocycles. The number of carbonyl (C=O) groups excluding carboxylic acids is 3. The number of anilines is 2. The molecule has 1 heterocycles.